The lowest BCUT2D eigenvalue weighted by Crippen LogP contribution is -2.52. The summed E-state index contributed by atoms with van der Waals surface area (Å²) in [4.78, 5) is 26.9. The Kier molecular flexibility index (Phi) is 5.81. The largest absolute Gasteiger partial charge is 0.459 e. The van der Waals surface area contributed by atoms with E-state index in [1.807, 2.05) is 54.6 Å². The summed E-state index contributed by atoms with van der Waals surface area (Å²) < 4.78 is 6.00. The second-order valence-electron chi connectivity index (χ2n) is 7.86. The number of nitrogens with zero attached hydrogens (tertiary/aromatic N) is 1. The van der Waals surface area contributed by atoms with Crippen LogP contribution in [0.4, 0.5) is 11.4 Å². The number of rotatable bonds is 6. The van der Waals surface area contributed by atoms with Gasteiger partial charge in [-0.2, -0.15) is 0 Å². The van der Waals surface area contributed by atoms with Gasteiger partial charge in [0.1, 0.15) is 6.10 Å². The van der Waals surface area contributed by atoms with E-state index in [-0.39, 0.29) is 18.0 Å². The molecule has 0 unspecified atom stereocenters. The molecule has 3 heterocycles. The minimum atomic E-state index is -0.612. The SMILES string of the molecule is CC(=O)Nc1cccc(N[C@@H](C(=O)O[C@H]2CN3CCC2CC3)c2ccccc2)c1. The van der Waals surface area contributed by atoms with Crippen LogP contribution in [0.1, 0.15) is 31.4 Å². The number of amides is 1. The molecular weight excluding hydrogens is 366 g/mol. The molecule has 5 rings (SSSR count). The van der Waals surface area contributed by atoms with Gasteiger partial charge in [0.15, 0.2) is 6.04 Å². The highest BCUT2D eigenvalue weighted by molar-refractivity contribution is 5.89. The monoisotopic (exact) mass is 393 g/mol. The van der Waals surface area contributed by atoms with E-state index in [4.69, 9.17) is 4.74 Å². The van der Waals surface area contributed by atoms with Crippen LogP contribution in [0.15, 0.2) is 54.6 Å². The molecule has 2 N–H and O–H groups in total. The van der Waals surface area contributed by atoms with Crippen LogP contribution >= 0.6 is 0 Å². The number of benzene rings is 2. The van der Waals surface area contributed by atoms with Crippen molar-refractivity contribution in [2.24, 2.45) is 5.92 Å². The molecule has 1 amide bonds. The lowest BCUT2D eigenvalue weighted by molar-refractivity contribution is -0.159. The Labute approximate surface area is 171 Å². The summed E-state index contributed by atoms with van der Waals surface area (Å²) in [6, 6.07) is 16.3. The maximum absolute atomic E-state index is 13.2. The normalized spacial score (nSPS) is 23.8. The van der Waals surface area contributed by atoms with Gasteiger partial charge in [-0.15, -0.1) is 0 Å². The van der Waals surface area contributed by atoms with Crippen molar-refractivity contribution in [1.82, 2.24) is 4.90 Å². The predicted molar refractivity (Wildman–Crippen MR) is 113 cm³/mol. The Hall–Kier alpha value is -2.86. The van der Waals surface area contributed by atoms with Crippen molar-refractivity contribution in [3.05, 3.63) is 60.2 Å². The standard InChI is InChI=1S/C23H27N3O3/c1-16(27)24-19-8-5-9-20(14-19)25-22(18-6-3-2-4-7-18)23(28)29-21-15-26-12-10-17(21)11-13-26/h2-9,14,17,21-22,25H,10-13,15H2,1H3,(H,24,27)/t21-,22+/m0/s1. The second kappa shape index (κ2) is 8.66. The first-order chi connectivity index (χ1) is 14.1. The van der Waals surface area contributed by atoms with Crippen molar-refractivity contribution in [1.29, 1.82) is 0 Å². The molecule has 0 saturated carbocycles. The minimum Gasteiger partial charge on any atom is -0.459 e. The number of carbonyl (C=O) groups is 2. The van der Waals surface area contributed by atoms with Crippen molar-refractivity contribution in [2.45, 2.75) is 31.9 Å². The molecule has 0 spiro atoms. The Balaban J connectivity index is 1.52. The molecule has 3 aliphatic heterocycles. The highest BCUT2D eigenvalue weighted by Crippen LogP contribution is 2.31. The van der Waals surface area contributed by atoms with Crippen LogP contribution in [0.5, 0.6) is 0 Å². The Morgan fingerprint density at radius 3 is 2.41 bits per heavy atom. The molecule has 3 fully saturated rings. The number of ether oxygens (including phenoxy) is 1. The van der Waals surface area contributed by atoms with E-state index < -0.39 is 6.04 Å². The van der Waals surface area contributed by atoms with Crippen molar-refractivity contribution < 1.29 is 14.3 Å². The van der Waals surface area contributed by atoms with Gasteiger partial charge >= 0.3 is 5.97 Å². The van der Waals surface area contributed by atoms with Gasteiger partial charge in [0.2, 0.25) is 5.91 Å². The zero-order valence-corrected chi connectivity index (χ0v) is 16.6. The predicted octanol–water partition coefficient (Wildman–Crippen LogP) is 3.44. The third-order valence-corrected chi connectivity index (χ3v) is 5.73. The lowest BCUT2D eigenvalue weighted by atomic mass is 9.86. The van der Waals surface area contributed by atoms with Crippen LogP contribution in [0, 0.1) is 5.92 Å². The van der Waals surface area contributed by atoms with Gasteiger partial charge in [-0.05, 0) is 55.6 Å². The number of nitrogens with one attached hydrogen (secondary N) is 2. The molecule has 2 aromatic carbocycles. The van der Waals surface area contributed by atoms with Crippen molar-refractivity contribution in [3.63, 3.8) is 0 Å². The number of fused-ring (bicyclic) bond motifs is 3. The van der Waals surface area contributed by atoms with Crippen LogP contribution in [0.3, 0.4) is 0 Å². The van der Waals surface area contributed by atoms with Crippen LogP contribution in [0.25, 0.3) is 0 Å². The van der Waals surface area contributed by atoms with Crippen LogP contribution in [-0.4, -0.2) is 42.5 Å². The number of piperidine rings is 3. The third kappa shape index (κ3) is 4.77. The maximum Gasteiger partial charge on any atom is 0.333 e. The van der Waals surface area contributed by atoms with E-state index in [9.17, 15) is 9.59 Å². The summed E-state index contributed by atoms with van der Waals surface area (Å²) in [5.74, 6) is 0.0619. The second-order valence-corrected chi connectivity index (χ2v) is 7.86. The van der Waals surface area contributed by atoms with E-state index in [1.165, 1.54) is 6.92 Å². The highest BCUT2D eigenvalue weighted by Gasteiger charge is 2.37. The quantitative estimate of drug-likeness (QED) is 0.736. The minimum absolute atomic E-state index is 0.0382. The summed E-state index contributed by atoms with van der Waals surface area (Å²) in [5, 5.41) is 6.07. The van der Waals surface area contributed by atoms with Gasteiger partial charge in [-0.1, -0.05) is 36.4 Å². The Morgan fingerprint density at radius 1 is 1.03 bits per heavy atom. The molecule has 152 valence electrons. The fraction of sp³-hybridized carbons (Fsp3) is 0.391. The fourth-order valence-corrected chi connectivity index (χ4v) is 4.24. The Morgan fingerprint density at radius 2 is 1.76 bits per heavy atom. The first-order valence-electron chi connectivity index (χ1n) is 10.2. The molecule has 6 nitrogen and oxygen atoms in total. The zero-order chi connectivity index (χ0) is 20.2. The summed E-state index contributed by atoms with van der Waals surface area (Å²) in [6.07, 6.45) is 2.16. The number of hydrogen-bond acceptors (Lipinski definition) is 5. The van der Waals surface area contributed by atoms with E-state index in [2.05, 4.69) is 15.5 Å². The molecule has 29 heavy (non-hydrogen) atoms. The summed E-state index contributed by atoms with van der Waals surface area (Å²) in [7, 11) is 0. The van der Waals surface area contributed by atoms with Crippen LogP contribution in [0.2, 0.25) is 0 Å². The van der Waals surface area contributed by atoms with E-state index >= 15 is 0 Å². The van der Waals surface area contributed by atoms with Crippen LogP contribution in [-0.2, 0) is 14.3 Å². The highest BCUT2D eigenvalue weighted by atomic mass is 16.5. The fourth-order valence-electron chi connectivity index (χ4n) is 4.24. The first kappa shape index (κ1) is 19.5. The summed E-state index contributed by atoms with van der Waals surface area (Å²) >= 11 is 0. The smallest absolute Gasteiger partial charge is 0.333 e. The van der Waals surface area contributed by atoms with Gasteiger partial charge in [0.05, 0.1) is 0 Å². The zero-order valence-electron chi connectivity index (χ0n) is 16.6. The molecule has 2 aromatic rings. The summed E-state index contributed by atoms with van der Waals surface area (Å²) in [5.41, 5.74) is 2.28. The third-order valence-electron chi connectivity index (χ3n) is 5.73. The van der Waals surface area contributed by atoms with E-state index in [0.29, 0.717) is 11.6 Å². The molecule has 0 aliphatic carbocycles. The average molecular weight is 393 g/mol. The lowest BCUT2D eigenvalue weighted by Gasteiger charge is -2.44. The molecule has 2 atom stereocenters. The Bertz CT molecular complexity index is 863. The number of esters is 1. The topological polar surface area (TPSA) is 70.7 Å². The van der Waals surface area contributed by atoms with Gasteiger partial charge < -0.3 is 15.4 Å². The molecular formula is C23H27N3O3. The molecule has 0 radical (unpaired) electrons. The number of hydrogen-bond donors (Lipinski definition) is 2. The van der Waals surface area contributed by atoms with Crippen LogP contribution < -0.4 is 10.6 Å². The van der Waals surface area contributed by atoms with Crippen molar-refractivity contribution in [3.8, 4) is 0 Å². The van der Waals surface area contributed by atoms with E-state index in [0.717, 1.165) is 43.7 Å². The molecule has 6 heteroatoms. The van der Waals surface area contributed by atoms with E-state index in [1.54, 1.807) is 0 Å². The number of carbonyl (C=O) groups excluding carboxylic acids is 2. The maximum atomic E-state index is 13.2. The van der Waals surface area contributed by atoms with Gasteiger partial charge in [0.25, 0.3) is 0 Å². The average Bonchev–Trinajstić information content (AvgIpc) is 2.73. The van der Waals surface area contributed by atoms with Crippen molar-refractivity contribution >= 4 is 23.3 Å². The molecule has 3 aliphatic rings. The first-order valence-corrected chi connectivity index (χ1v) is 10.2. The molecule has 2 bridgehead atoms. The van der Waals surface area contributed by atoms with Gasteiger partial charge in [0, 0.05) is 24.8 Å². The molecule has 3 saturated heterocycles. The van der Waals surface area contributed by atoms with Gasteiger partial charge in [-0.25, -0.2) is 4.79 Å². The summed E-state index contributed by atoms with van der Waals surface area (Å²) in [6.45, 7) is 4.51. The number of anilines is 2. The van der Waals surface area contributed by atoms with Crippen molar-refractivity contribution in [2.75, 3.05) is 30.3 Å². The molecule has 0 aromatic heterocycles. The van der Waals surface area contributed by atoms with Gasteiger partial charge in [-0.3, -0.25) is 9.69 Å².